The number of aromatic nitrogens is 1. The molecule has 3 aromatic rings. The van der Waals surface area contributed by atoms with Crippen LogP contribution in [-0.4, -0.2) is 11.1 Å². The lowest BCUT2D eigenvalue weighted by Gasteiger charge is -2.07. The molecule has 0 aliphatic carbocycles. The molecule has 0 atom stereocenters. The van der Waals surface area contributed by atoms with Crippen LogP contribution in [0.2, 0.25) is 5.02 Å². The van der Waals surface area contributed by atoms with E-state index in [1.165, 1.54) is 11.8 Å². The van der Waals surface area contributed by atoms with Crippen LogP contribution >= 0.6 is 23.4 Å². The summed E-state index contributed by atoms with van der Waals surface area (Å²) in [6, 6.07) is 20.0. The van der Waals surface area contributed by atoms with Crippen molar-refractivity contribution in [3.8, 4) is 5.75 Å². The highest BCUT2D eigenvalue weighted by atomic mass is 35.5. The predicted molar refractivity (Wildman–Crippen MR) is 95.9 cm³/mol. The smallest absolute Gasteiger partial charge is 0.410 e. The lowest BCUT2D eigenvalue weighted by molar-refractivity contribution is 0.215. The normalized spacial score (nSPS) is 10.2. The van der Waals surface area contributed by atoms with Crippen molar-refractivity contribution in [2.75, 3.05) is 5.32 Å². The van der Waals surface area contributed by atoms with Gasteiger partial charge in [0.05, 0.1) is 5.02 Å². The fraction of sp³-hybridized carbons (Fsp3) is 0. The highest BCUT2D eigenvalue weighted by Gasteiger charge is 2.05. The van der Waals surface area contributed by atoms with Crippen molar-refractivity contribution in [2.24, 2.45) is 0 Å². The van der Waals surface area contributed by atoms with Gasteiger partial charge in [0.25, 0.3) is 0 Å². The van der Waals surface area contributed by atoms with Gasteiger partial charge in [-0.15, -0.1) is 0 Å². The first-order valence-corrected chi connectivity index (χ1v) is 8.32. The van der Waals surface area contributed by atoms with E-state index in [1.807, 2.05) is 36.4 Å². The summed E-state index contributed by atoms with van der Waals surface area (Å²) < 4.78 is 5.18. The van der Waals surface area contributed by atoms with E-state index >= 15 is 0 Å². The number of hydrogen-bond donors (Lipinski definition) is 1. The van der Waals surface area contributed by atoms with Gasteiger partial charge in [0, 0.05) is 16.8 Å². The Morgan fingerprint density at radius 3 is 2.42 bits per heavy atom. The number of nitrogens with one attached hydrogen (secondary N) is 1. The summed E-state index contributed by atoms with van der Waals surface area (Å²) in [4.78, 5) is 17.1. The van der Waals surface area contributed by atoms with Crippen molar-refractivity contribution in [1.82, 2.24) is 4.98 Å². The monoisotopic (exact) mass is 356 g/mol. The van der Waals surface area contributed by atoms with Crippen molar-refractivity contribution in [1.29, 1.82) is 0 Å². The minimum Gasteiger partial charge on any atom is -0.410 e. The van der Waals surface area contributed by atoms with E-state index in [1.54, 1.807) is 36.5 Å². The minimum absolute atomic E-state index is 0.496. The topological polar surface area (TPSA) is 51.2 Å². The molecule has 1 aromatic heterocycles. The molecule has 0 spiro atoms. The van der Waals surface area contributed by atoms with Gasteiger partial charge in [-0.25, -0.2) is 9.78 Å². The van der Waals surface area contributed by atoms with Crippen LogP contribution in [0.5, 0.6) is 5.75 Å². The van der Waals surface area contributed by atoms with Gasteiger partial charge in [0.1, 0.15) is 10.8 Å². The van der Waals surface area contributed by atoms with E-state index in [9.17, 15) is 4.79 Å². The van der Waals surface area contributed by atoms with Gasteiger partial charge in [0.2, 0.25) is 0 Å². The fourth-order valence-electron chi connectivity index (χ4n) is 1.89. The second-order valence-corrected chi connectivity index (χ2v) is 6.30. The van der Waals surface area contributed by atoms with Crippen molar-refractivity contribution in [2.45, 2.75) is 9.92 Å². The number of carbonyl (C=O) groups excluding carboxylic acids is 1. The van der Waals surface area contributed by atoms with Crippen LogP contribution in [0.3, 0.4) is 0 Å². The lowest BCUT2D eigenvalue weighted by atomic mass is 10.3. The summed E-state index contributed by atoms with van der Waals surface area (Å²) in [6.07, 6.45) is 1.08. The quantitative estimate of drug-likeness (QED) is 0.670. The van der Waals surface area contributed by atoms with Crippen molar-refractivity contribution in [3.63, 3.8) is 0 Å². The third kappa shape index (κ3) is 4.75. The molecule has 24 heavy (non-hydrogen) atoms. The van der Waals surface area contributed by atoms with Gasteiger partial charge in [-0.3, -0.25) is 5.32 Å². The molecule has 0 unspecified atom stereocenters. The average molecular weight is 357 g/mol. The number of pyridine rings is 1. The fourth-order valence-corrected chi connectivity index (χ4v) is 2.76. The molecule has 120 valence electrons. The lowest BCUT2D eigenvalue weighted by Crippen LogP contribution is -2.16. The molecular formula is C18H13ClN2O2S. The van der Waals surface area contributed by atoms with Crippen LogP contribution < -0.4 is 10.1 Å². The zero-order valence-electron chi connectivity index (χ0n) is 12.5. The number of halogens is 1. The van der Waals surface area contributed by atoms with Crippen LogP contribution in [0.1, 0.15) is 0 Å². The maximum atomic E-state index is 11.8. The van der Waals surface area contributed by atoms with Gasteiger partial charge < -0.3 is 4.74 Å². The average Bonchev–Trinajstić information content (AvgIpc) is 2.59. The molecular weight excluding hydrogens is 344 g/mol. The van der Waals surface area contributed by atoms with Gasteiger partial charge in [-0.2, -0.15) is 0 Å². The van der Waals surface area contributed by atoms with Crippen molar-refractivity contribution < 1.29 is 9.53 Å². The molecule has 0 saturated carbocycles. The Hall–Kier alpha value is -2.50. The van der Waals surface area contributed by atoms with E-state index in [0.717, 1.165) is 9.92 Å². The standard InChI is InChI=1S/C18H13ClN2O2S/c19-13-6-11-17(20-12-13)24-16-9-7-14(8-10-16)21-18(22)23-15-4-2-1-3-5-15/h1-12H,(H,21,22). The molecule has 0 fully saturated rings. The summed E-state index contributed by atoms with van der Waals surface area (Å²) in [7, 11) is 0. The zero-order valence-corrected chi connectivity index (χ0v) is 14.1. The third-order valence-corrected chi connectivity index (χ3v) is 4.16. The Labute approximate surface area is 148 Å². The molecule has 2 aromatic carbocycles. The number of ether oxygens (including phenoxy) is 1. The number of benzene rings is 2. The molecule has 3 rings (SSSR count). The molecule has 0 saturated heterocycles. The van der Waals surface area contributed by atoms with Gasteiger partial charge in [-0.05, 0) is 48.5 Å². The summed E-state index contributed by atoms with van der Waals surface area (Å²) in [5.41, 5.74) is 0.657. The van der Waals surface area contributed by atoms with E-state index in [0.29, 0.717) is 16.5 Å². The number of nitrogens with zero attached hydrogens (tertiary/aromatic N) is 1. The second-order valence-electron chi connectivity index (χ2n) is 4.77. The first-order valence-electron chi connectivity index (χ1n) is 7.12. The van der Waals surface area contributed by atoms with Crippen LogP contribution in [0.4, 0.5) is 10.5 Å². The molecule has 6 heteroatoms. The zero-order chi connectivity index (χ0) is 16.8. The minimum atomic E-state index is -0.527. The highest BCUT2D eigenvalue weighted by molar-refractivity contribution is 7.99. The Bertz CT molecular complexity index is 809. The summed E-state index contributed by atoms with van der Waals surface area (Å²) in [5.74, 6) is 0.496. The molecule has 1 N–H and O–H groups in total. The first kappa shape index (κ1) is 16.4. The Morgan fingerprint density at radius 2 is 1.75 bits per heavy atom. The van der Waals surface area contributed by atoms with E-state index < -0.39 is 6.09 Å². The number of rotatable bonds is 4. The van der Waals surface area contributed by atoms with E-state index in [2.05, 4.69) is 10.3 Å². The van der Waals surface area contributed by atoms with E-state index in [4.69, 9.17) is 16.3 Å². The van der Waals surface area contributed by atoms with Crippen LogP contribution in [0.15, 0.2) is 82.8 Å². The van der Waals surface area contributed by atoms with Crippen molar-refractivity contribution >= 4 is 35.1 Å². The summed E-state index contributed by atoms with van der Waals surface area (Å²) in [5, 5.41) is 4.14. The SMILES string of the molecule is O=C(Nc1ccc(Sc2ccc(Cl)cn2)cc1)Oc1ccccc1. The van der Waals surface area contributed by atoms with Crippen molar-refractivity contribution in [3.05, 3.63) is 77.9 Å². The molecule has 0 aliphatic heterocycles. The Kier molecular flexibility index (Phi) is 5.36. The van der Waals surface area contributed by atoms with Gasteiger partial charge in [0.15, 0.2) is 0 Å². The summed E-state index contributed by atoms with van der Waals surface area (Å²) >= 11 is 7.33. The largest absolute Gasteiger partial charge is 0.417 e. The van der Waals surface area contributed by atoms with Crippen LogP contribution in [0.25, 0.3) is 0 Å². The number of anilines is 1. The third-order valence-electron chi connectivity index (χ3n) is 2.98. The molecule has 0 aliphatic rings. The molecule has 0 bridgehead atoms. The number of para-hydroxylation sites is 1. The molecule has 4 nitrogen and oxygen atoms in total. The van der Waals surface area contributed by atoms with Crippen LogP contribution in [0, 0.1) is 0 Å². The molecule has 0 radical (unpaired) electrons. The number of hydrogen-bond acceptors (Lipinski definition) is 4. The van der Waals surface area contributed by atoms with Gasteiger partial charge >= 0.3 is 6.09 Å². The predicted octanol–water partition coefficient (Wildman–Crippen LogP) is 5.50. The number of amides is 1. The molecule has 1 heterocycles. The molecule has 1 amide bonds. The Balaban J connectivity index is 1.58. The number of carbonyl (C=O) groups is 1. The first-order chi connectivity index (χ1) is 11.7. The maximum Gasteiger partial charge on any atom is 0.417 e. The van der Waals surface area contributed by atoms with Gasteiger partial charge in [-0.1, -0.05) is 41.6 Å². The maximum absolute atomic E-state index is 11.8. The van der Waals surface area contributed by atoms with Crippen LogP contribution in [-0.2, 0) is 0 Å². The highest BCUT2D eigenvalue weighted by Crippen LogP contribution is 2.27. The van der Waals surface area contributed by atoms with E-state index in [-0.39, 0.29) is 0 Å². The summed E-state index contributed by atoms with van der Waals surface area (Å²) in [6.45, 7) is 0. The Morgan fingerprint density at radius 1 is 1.00 bits per heavy atom. The second kappa shape index (κ2) is 7.86.